The first-order chi connectivity index (χ1) is 12.5. The summed E-state index contributed by atoms with van der Waals surface area (Å²) in [6, 6.07) is 9.70. The number of fused-ring (bicyclic) bond motifs is 2. The number of hydrogen-bond acceptors (Lipinski definition) is 4. The molecule has 0 saturated carbocycles. The fourth-order valence-electron chi connectivity index (χ4n) is 2.82. The van der Waals surface area contributed by atoms with E-state index in [1.807, 2.05) is 0 Å². The molecular weight excluding hydrogens is 344 g/mol. The molecule has 0 saturated heterocycles. The van der Waals surface area contributed by atoms with Gasteiger partial charge in [-0.25, -0.2) is 18.6 Å². The van der Waals surface area contributed by atoms with Crippen molar-refractivity contribution < 1.29 is 27.8 Å². The number of aromatic carboxylic acids is 1. The van der Waals surface area contributed by atoms with E-state index in [4.69, 9.17) is 9.15 Å². The fraction of sp³-hybridized carbons (Fsp3) is 0.0526. The summed E-state index contributed by atoms with van der Waals surface area (Å²) in [6.07, 6.45) is 0. The normalized spacial score (nSPS) is 11.2. The first-order valence-electron chi connectivity index (χ1n) is 7.57. The molecule has 1 N–H and O–H groups in total. The average molecular weight is 355 g/mol. The average Bonchev–Trinajstić information content (AvgIpc) is 3.03. The highest BCUT2D eigenvalue weighted by atomic mass is 19.1. The molecule has 0 atom stereocenters. The molecule has 0 spiro atoms. The van der Waals surface area contributed by atoms with Crippen LogP contribution in [-0.2, 0) is 0 Å². The second-order valence-corrected chi connectivity index (χ2v) is 5.66. The van der Waals surface area contributed by atoms with Gasteiger partial charge in [0.05, 0.1) is 12.7 Å². The zero-order valence-electron chi connectivity index (χ0n) is 13.4. The summed E-state index contributed by atoms with van der Waals surface area (Å²) >= 11 is 0. The van der Waals surface area contributed by atoms with Crippen molar-refractivity contribution in [1.29, 1.82) is 0 Å². The molecule has 7 heteroatoms. The van der Waals surface area contributed by atoms with Crippen LogP contribution in [0.15, 0.2) is 46.9 Å². The van der Waals surface area contributed by atoms with Gasteiger partial charge in [-0.2, -0.15) is 0 Å². The Hall–Kier alpha value is -3.48. The number of ether oxygens (including phenoxy) is 1. The smallest absolute Gasteiger partial charge is 0.336 e. The molecule has 130 valence electrons. The molecule has 5 nitrogen and oxygen atoms in total. The largest absolute Gasteiger partial charge is 0.497 e. The Kier molecular flexibility index (Phi) is 3.57. The number of carboxylic acids is 1. The minimum Gasteiger partial charge on any atom is -0.497 e. The van der Waals surface area contributed by atoms with Crippen LogP contribution in [0.1, 0.15) is 10.4 Å². The lowest BCUT2D eigenvalue weighted by atomic mass is 10.1. The highest BCUT2D eigenvalue weighted by Gasteiger charge is 2.18. The number of pyridine rings is 1. The number of carbonyl (C=O) groups is 1. The first kappa shape index (κ1) is 16.0. The monoisotopic (exact) mass is 355 g/mol. The van der Waals surface area contributed by atoms with Crippen molar-refractivity contribution in [2.45, 2.75) is 0 Å². The molecule has 0 aliphatic heterocycles. The standard InChI is InChI=1S/C19H11F2NO4/c1-25-11-3-2-9-4-17(26-16(9)7-11)15-8-13(19(23)24)12-5-10(20)6-14(21)18(12)22-15/h2-8H,1H3,(H,23,24). The van der Waals surface area contributed by atoms with Gasteiger partial charge in [-0.3, -0.25) is 0 Å². The number of methoxy groups -OCH3 is 1. The molecule has 4 aromatic rings. The van der Waals surface area contributed by atoms with Crippen LogP contribution in [-0.4, -0.2) is 23.2 Å². The SMILES string of the molecule is COc1ccc2cc(-c3cc(C(=O)O)c4cc(F)cc(F)c4n3)oc2c1. The molecule has 0 aliphatic rings. The van der Waals surface area contributed by atoms with Crippen LogP contribution in [0.5, 0.6) is 5.75 Å². The van der Waals surface area contributed by atoms with Gasteiger partial charge in [0, 0.05) is 22.9 Å². The molecule has 0 bridgehead atoms. The Morgan fingerprint density at radius 1 is 1.15 bits per heavy atom. The molecule has 2 aromatic heterocycles. The summed E-state index contributed by atoms with van der Waals surface area (Å²) < 4.78 is 38.5. The molecule has 0 radical (unpaired) electrons. The Labute approximate surface area is 145 Å². The first-order valence-corrected chi connectivity index (χ1v) is 7.57. The molecule has 2 aromatic carbocycles. The van der Waals surface area contributed by atoms with Crippen LogP contribution >= 0.6 is 0 Å². The van der Waals surface area contributed by atoms with Crippen molar-refractivity contribution >= 4 is 27.8 Å². The molecule has 0 aliphatic carbocycles. The van der Waals surface area contributed by atoms with Crippen molar-refractivity contribution in [3.05, 3.63) is 59.7 Å². The predicted octanol–water partition coefficient (Wildman–Crippen LogP) is 4.63. The Balaban J connectivity index is 1.98. The van der Waals surface area contributed by atoms with Crippen LogP contribution in [0.2, 0.25) is 0 Å². The Bertz CT molecular complexity index is 1180. The fourth-order valence-corrected chi connectivity index (χ4v) is 2.82. The van der Waals surface area contributed by atoms with Gasteiger partial charge in [0.15, 0.2) is 11.6 Å². The topological polar surface area (TPSA) is 72.6 Å². The van der Waals surface area contributed by atoms with Gasteiger partial charge in [0.1, 0.15) is 28.4 Å². The second-order valence-electron chi connectivity index (χ2n) is 5.66. The van der Waals surface area contributed by atoms with Gasteiger partial charge >= 0.3 is 5.97 Å². The zero-order chi connectivity index (χ0) is 18.4. The van der Waals surface area contributed by atoms with E-state index in [9.17, 15) is 18.7 Å². The van der Waals surface area contributed by atoms with Gasteiger partial charge in [-0.15, -0.1) is 0 Å². The van der Waals surface area contributed by atoms with Gasteiger partial charge in [-0.05, 0) is 30.3 Å². The van der Waals surface area contributed by atoms with E-state index in [1.54, 1.807) is 24.3 Å². The maximum Gasteiger partial charge on any atom is 0.336 e. The van der Waals surface area contributed by atoms with E-state index in [0.29, 0.717) is 17.4 Å². The highest BCUT2D eigenvalue weighted by Crippen LogP contribution is 2.32. The van der Waals surface area contributed by atoms with Gasteiger partial charge in [0.2, 0.25) is 0 Å². The van der Waals surface area contributed by atoms with Crippen LogP contribution in [0.3, 0.4) is 0 Å². The number of rotatable bonds is 3. The van der Waals surface area contributed by atoms with Crippen LogP contribution in [0.25, 0.3) is 33.3 Å². The van der Waals surface area contributed by atoms with E-state index in [2.05, 4.69) is 4.98 Å². The summed E-state index contributed by atoms with van der Waals surface area (Å²) in [5, 5.41) is 10.1. The van der Waals surface area contributed by atoms with E-state index in [0.717, 1.165) is 11.5 Å². The van der Waals surface area contributed by atoms with Crippen LogP contribution in [0, 0.1) is 11.6 Å². The molecule has 0 unspecified atom stereocenters. The van der Waals surface area contributed by atoms with Gasteiger partial charge in [-0.1, -0.05) is 0 Å². The molecule has 0 amide bonds. The highest BCUT2D eigenvalue weighted by molar-refractivity contribution is 6.04. The molecule has 4 rings (SSSR count). The number of benzene rings is 2. The Morgan fingerprint density at radius 2 is 1.96 bits per heavy atom. The maximum atomic E-state index is 14.1. The number of halogens is 2. The van der Waals surface area contributed by atoms with Gasteiger partial charge in [0.25, 0.3) is 0 Å². The lowest BCUT2D eigenvalue weighted by Crippen LogP contribution is -2.02. The molecule has 0 fully saturated rings. The maximum absolute atomic E-state index is 14.1. The zero-order valence-corrected chi connectivity index (χ0v) is 13.4. The van der Waals surface area contributed by atoms with Crippen molar-refractivity contribution in [3.8, 4) is 17.2 Å². The molecule has 26 heavy (non-hydrogen) atoms. The second kappa shape index (κ2) is 5.80. The predicted molar refractivity (Wildman–Crippen MR) is 90.4 cm³/mol. The van der Waals surface area contributed by atoms with Crippen LogP contribution in [0.4, 0.5) is 8.78 Å². The number of carboxylic acid groups (broad SMARTS) is 1. The van der Waals surface area contributed by atoms with Crippen LogP contribution < -0.4 is 4.74 Å². The summed E-state index contributed by atoms with van der Waals surface area (Å²) in [5.41, 5.74) is 0.147. The quantitative estimate of drug-likeness (QED) is 0.580. The summed E-state index contributed by atoms with van der Waals surface area (Å²) in [5.74, 6) is -2.27. The minimum absolute atomic E-state index is 0.114. The minimum atomic E-state index is -1.32. The third-order valence-corrected chi connectivity index (χ3v) is 4.04. The van der Waals surface area contributed by atoms with E-state index >= 15 is 0 Å². The van der Waals surface area contributed by atoms with Gasteiger partial charge < -0.3 is 14.3 Å². The van der Waals surface area contributed by atoms with Crippen molar-refractivity contribution in [2.75, 3.05) is 7.11 Å². The number of nitrogens with zero attached hydrogens (tertiary/aromatic N) is 1. The van der Waals surface area contributed by atoms with E-state index < -0.39 is 17.6 Å². The number of hydrogen-bond donors (Lipinski definition) is 1. The van der Waals surface area contributed by atoms with E-state index in [1.165, 1.54) is 13.2 Å². The van der Waals surface area contributed by atoms with Crippen molar-refractivity contribution in [1.82, 2.24) is 4.98 Å². The summed E-state index contributed by atoms with van der Waals surface area (Å²) in [6.45, 7) is 0. The molecule has 2 heterocycles. The lowest BCUT2D eigenvalue weighted by molar-refractivity contribution is 0.0699. The summed E-state index contributed by atoms with van der Waals surface area (Å²) in [4.78, 5) is 15.7. The number of furan rings is 1. The third kappa shape index (κ3) is 2.54. The van der Waals surface area contributed by atoms with Crippen molar-refractivity contribution in [3.63, 3.8) is 0 Å². The summed E-state index contributed by atoms with van der Waals surface area (Å²) in [7, 11) is 1.52. The number of aromatic nitrogens is 1. The lowest BCUT2D eigenvalue weighted by Gasteiger charge is -2.06. The Morgan fingerprint density at radius 3 is 2.69 bits per heavy atom. The van der Waals surface area contributed by atoms with E-state index in [-0.39, 0.29) is 27.9 Å². The van der Waals surface area contributed by atoms with Crippen molar-refractivity contribution in [2.24, 2.45) is 0 Å². The molecular formula is C19H11F2NO4. The third-order valence-electron chi connectivity index (χ3n) is 4.04.